The van der Waals surface area contributed by atoms with Gasteiger partial charge in [0.1, 0.15) is 23.4 Å². The number of Topliss-reactive ketones (excluding diaryl/α,β-unsaturated/α-hetero) is 1. The Balaban J connectivity index is 3.66. The maximum absolute atomic E-state index is 12.1. The number of rotatable bonds is 8. The Morgan fingerprint density at radius 1 is 1.12 bits per heavy atom. The standard InChI is InChI=1S/C16H19NO8/c1-9(18)12(15(19)24-3)13(14(17(21)22)16(20)25-4)10-5-7-11(23-2)8-6-10/h5-8,12-13,20H,1-4H3. The third-order valence-corrected chi connectivity index (χ3v) is 3.61. The molecule has 0 heterocycles. The van der Waals surface area contributed by atoms with Gasteiger partial charge in [0.05, 0.1) is 26.3 Å². The van der Waals surface area contributed by atoms with Gasteiger partial charge in [-0.3, -0.25) is 19.7 Å². The lowest BCUT2D eigenvalue weighted by Crippen LogP contribution is -2.33. The Kier molecular flexibility index (Phi) is 6.92. The van der Waals surface area contributed by atoms with Crippen LogP contribution in [0, 0.1) is 16.0 Å². The first-order chi connectivity index (χ1) is 11.8. The second-order valence-electron chi connectivity index (χ2n) is 5.01. The van der Waals surface area contributed by atoms with Crippen LogP contribution in [0.3, 0.4) is 0 Å². The van der Waals surface area contributed by atoms with Gasteiger partial charge in [-0.25, -0.2) is 0 Å². The number of aliphatic hydroxyl groups is 1. The molecule has 0 spiro atoms. The minimum absolute atomic E-state index is 0.238. The Morgan fingerprint density at radius 3 is 2.04 bits per heavy atom. The maximum atomic E-state index is 12.1. The molecule has 0 bridgehead atoms. The first-order valence-corrected chi connectivity index (χ1v) is 7.12. The highest BCUT2D eigenvalue weighted by Crippen LogP contribution is 2.36. The van der Waals surface area contributed by atoms with Crippen LogP contribution in [0.1, 0.15) is 18.4 Å². The van der Waals surface area contributed by atoms with Gasteiger partial charge in [0.15, 0.2) is 0 Å². The normalized spacial score (nSPS) is 13.9. The number of hydrogen-bond donors (Lipinski definition) is 1. The van der Waals surface area contributed by atoms with Crippen LogP contribution in [0.5, 0.6) is 5.75 Å². The predicted octanol–water partition coefficient (Wildman–Crippen LogP) is 1.81. The maximum Gasteiger partial charge on any atom is 0.354 e. The molecule has 0 aliphatic carbocycles. The fourth-order valence-corrected chi connectivity index (χ4v) is 2.41. The molecule has 1 rings (SSSR count). The van der Waals surface area contributed by atoms with E-state index in [1.165, 1.54) is 31.4 Å². The summed E-state index contributed by atoms with van der Waals surface area (Å²) in [7, 11) is 3.54. The van der Waals surface area contributed by atoms with Gasteiger partial charge in [-0.2, -0.15) is 0 Å². The SMILES string of the molecule is COC(=O)C(C(C)=O)C(C(=C(O)OC)[N+](=O)[O-])c1ccc(OC)cc1. The molecule has 0 radical (unpaired) electrons. The molecule has 136 valence electrons. The average Bonchev–Trinajstić information content (AvgIpc) is 2.59. The summed E-state index contributed by atoms with van der Waals surface area (Å²) in [6, 6.07) is 5.93. The zero-order valence-corrected chi connectivity index (χ0v) is 14.2. The van der Waals surface area contributed by atoms with E-state index in [2.05, 4.69) is 9.47 Å². The summed E-state index contributed by atoms with van der Waals surface area (Å²) in [5, 5.41) is 21.3. The molecule has 0 amide bonds. The summed E-state index contributed by atoms with van der Waals surface area (Å²) < 4.78 is 14.2. The van der Waals surface area contributed by atoms with Crippen LogP contribution in [0.25, 0.3) is 0 Å². The number of carbonyl (C=O) groups is 2. The molecule has 9 heteroatoms. The van der Waals surface area contributed by atoms with Crippen molar-refractivity contribution < 1.29 is 33.8 Å². The average molecular weight is 353 g/mol. The molecule has 1 N–H and O–H groups in total. The van der Waals surface area contributed by atoms with Crippen molar-refractivity contribution in [2.75, 3.05) is 21.3 Å². The number of nitro groups is 1. The van der Waals surface area contributed by atoms with Gasteiger partial charge in [0.25, 0.3) is 0 Å². The fraction of sp³-hybridized carbons (Fsp3) is 0.375. The van der Waals surface area contributed by atoms with E-state index in [9.17, 15) is 24.8 Å². The molecule has 0 saturated heterocycles. The summed E-state index contributed by atoms with van der Waals surface area (Å²) in [6.45, 7) is 1.11. The smallest absolute Gasteiger partial charge is 0.354 e. The van der Waals surface area contributed by atoms with Crippen LogP contribution < -0.4 is 4.74 Å². The lowest BCUT2D eigenvalue weighted by Gasteiger charge is -2.21. The number of carbonyl (C=O) groups excluding carboxylic acids is 2. The third-order valence-electron chi connectivity index (χ3n) is 3.61. The van der Waals surface area contributed by atoms with Crippen molar-refractivity contribution in [1.29, 1.82) is 0 Å². The monoisotopic (exact) mass is 353 g/mol. The van der Waals surface area contributed by atoms with Gasteiger partial charge in [0, 0.05) is 0 Å². The second-order valence-corrected chi connectivity index (χ2v) is 5.01. The first-order valence-electron chi connectivity index (χ1n) is 7.12. The van der Waals surface area contributed by atoms with E-state index in [0.717, 1.165) is 21.1 Å². The minimum Gasteiger partial charge on any atom is -0.497 e. The van der Waals surface area contributed by atoms with Crippen molar-refractivity contribution in [3.8, 4) is 5.75 Å². The molecular formula is C16H19NO8. The molecule has 2 unspecified atom stereocenters. The van der Waals surface area contributed by atoms with Crippen LogP contribution in [0.4, 0.5) is 0 Å². The number of aliphatic hydroxyl groups excluding tert-OH is 1. The van der Waals surface area contributed by atoms with Gasteiger partial charge in [-0.15, -0.1) is 0 Å². The van der Waals surface area contributed by atoms with Crippen LogP contribution >= 0.6 is 0 Å². The first kappa shape index (κ1) is 19.9. The molecule has 0 aliphatic rings. The van der Waals surface area contributed by atoms with E-state index in [-0.39, 0.29) is 5.56 Å². The molecule has 0 aromatic heterocycles. The topological polar surface area (TPSA) is 125 Å². The highest BCUT2D eigenvalue weighted by Gasteiger charge is 2.45. The van der Waals surface area contributed by atoms with E-state index in [4.69, 9.17) is 4.74 Å². The summed E-state index contributed by atoms with van der Waals surface area (Å²) in [5.74, 6) is -5.09. The van der Waals surface area contributed by atoms with E-state index in [0.29, 0.717) is 5.75 Å². The highest BCUT2D eigenvalue weighted by atomic mass is 16.6. The van der Waals surface area contributed by atoms with E-state index in [1.54, 1.807) is 0 Å². The molecule has 1 aromatic carbocycles. The molecule has 2 atom stereocenters. The predicted molar refractivity (Wildman–Crippen MR) is 85.6 cm³/mol. The number of ketones is 1. The van der Waals surface area contributed by atoms with E-state index < -0.39 is 40.2 Å². The Morgan fingerprint density at radius 2 is 1.68 bits per heavy atom. The van der Waals surface area contributed by atoms with Crippen molar-refractivity contribution >= 4 is 11.8 Å². The highest BCUT2D eigenvalue weighted by molar-refractivity contribution is 5.99. The van der Waals surface area contributed by atoms with Crippen molar-refractivity contribution in [2.45, 2.75) is 12.8 Å². The number of ether oxygens (including phenoxy) is 3. The van der Waals surface area contributed by atoms with E-state index >= 15 is 0 Å². The number of hydrogen-bond acceptors (Lipinski definition) is 8. The minimum atomic E-state index is -1.53. The van der Waals surface area contributed by atoms with Crippen molar-refractivity contribution in [1.82, 2.24) is 0 Å². The Labute approximate surface area is 144 Å². The van der Waals surface area contributed by atoms with E-state index in [1.807, 2.05) is 0 Å². The Bertz CT molecular complexity index is 680. The van der Waals surface area contributed by atoms with Gasteiger partial charge < -0.3 is 19.3 Å². The number of allylic oxidation sites excluding steroid dienone is 1. The zero-order valence-electron chi connectivity index (χ0n) is 14.2. The number of esters is 1. The quantitative estimate of drug-likeness (QED) is 0.247. The number of nitrogens with zero attached hydrogens (tertiary/aromatic N) is 1. The van der Waals surface area contributed by atoms with Crippen molar-refractivity contribution in [2.24, 2.45) is 5.92 Å². The Hall–Kier alpha value is -3.10. The molecule has 1 aromatic rings. The molecule has 25 heavy (non-hydrogen) atoms. The van der Waals surface area contributed by atoms with Crippen LogP contribution in [-0.2, 0) is 19.1 Å². The molecule has 0 saturated carbocycles. The molecular weight excluding hydrogens is 334 g/mol. The second kappa shape index (κ2) is 8.67. The number of benzene rings is 1. The van der Waals surface area contributed by atoms with Gasteiger partial charge in [-0.05, 0) is 24.6 Å². The molecule has 0 aliphatic heterocycles. The summed E-state index contributed by atoms with van der Waals surface area (Å²) in [6.07, 6.45) is 0. The summed E-state index contributed by atoms with van der Waals surface area (Å²) in [5.41, 5.74) is -0.583. The fourth-order valence-electron chi connectivity index (χ4n) is 2.41. The van der Waals surface area contributed by atoms with Crippen LogP contribution in [0.2, 0.25) is 0 Å². The number of methoxy groups -OCH3 is 3. The molecule has 0 fully saturated rings. The van der Waals surface area contributed by atoms with Gasteiger partial charge in [0.2, 0.25) is 0 Å². The third kappa shape index (κ3) is 4.46. The van der Waals surface area contributed by atoms with Crippen LogP contribution in [0.15, 0.2) is 35.9 Å². The van der Waals surface area contributed by atoms with Gasteiger partial charge in [-0.1, -0.05) is 12.1 Å². The molecule has 9 nitrogen and oxygen atoms in total. The van der Waals surface area contributed by atoms with Crippen molar-refractivity contribution in [3.05, 3.63) is 51.6 Å². The lowest BCUT2D eigenvalue weighted by molar-refractivity contribution is -0.436. The van der Waals surface area contributed by atoms with Crippen molar-refractivity contribution in [3.63, 3.8) is 0 Å². The largest absolute Gasteiger partial charge is 0.497 e. The van der Waals surface area contributed by atoms with Gasteiger partial charge >= 0.3 is 17.6 Å². The van der Waals surface area contributed by atoms with Crippen LogP contribution in [-0.4, -0.2) is 43.1 Å². The summed E-state index contributed by atoms with van der Waals surface area (Å²) >= 11 is 0. The summed E-state index contributed by atoms with van der Waals surface area (Å²) in [4.78, 5) is 34.7. The zero-order chi connectivity index (χ0) is 19.1. The lowest BCUT2D eigenvalue weighted by atomic mass is 9.81.